The van der Waals surface area contributed by atoms with Gasteiger partial charge >= 0.3 is 5.97 Å². The predicted octanol–water partition coefficient (Wildman–Crippen LogP) is 2.97. The first-order valence-electron chi connectivity index (χ1n) is 6.94. The first-order valence-corrected chi connectivity index (χ1v) is 8.62. The second-order valence-corrected chi connectivity index (χ2v) is 7.12. The van der Waals surface area contributed by atoms with E-state index in [9.17, 15) is 19.5 Å². The van der Waals surface area contributed by atoms with Crippen molar-refractivity contribution in [3.63, 3.8) is 0 Å². The number of carbonyl (C=O) groups is 3. The molecule has 0 aliphatic carbocycles. The molecule has 1 aliphatic heterocycles. The van der Waals surface area contributed by atoms with Gasteiger partial charge in [-0.15, -0.1) is 0 Å². The Bertz CT molecular complexity index is 825. The van der Waals surface area contributed by atoms with Crippen molar-refractivity contribution in [2.45, 2.75) is 16.7 Å². The Morgan fingerprint density at radius 1 is 1.25 bits per heavy atom. The minimum absolute atomic E-state index is 0.00912. The van der Waals surface area contributed by atoms with Gasteiger partial charge in [-0.1, -0.05) is 27.7 Å². The molecule has 3 rings (SSSR count). The van der Waals surface area contributed by atoms with Crippen molar-refractivity contribution in [1.82, 2.24) is 4.98 Å². The maximum Gasteiger partial charge on any atom is 0.338 e. The maximum atomic E-state index is 12.6. The molecule has 1 aromatic carbocycles. The van der Waals surface area contributed by atoms with E-state index in [1.807, 2.05) is 0 Å². The molecule has 1 aromatic heterocycles. The number of carbonyl (C=O) groups excluding carboxylic acids is 2. The molecule has 6 nitrogen and oxygen atoms in total. The molecule has 2 amide bonds. The van der Waals surface area contributed by atoms with E-state index in [2.05, 4.69) is 20.9 Å². The van der Waals surface area contributed by atoms with Crippen LogP contribution in [-0.4, -0.2) is 33.1 Å². The summed E-state index contributed by atoms with van der Waals surface area (Å²) >= 11 is 4.31. The Morgan fingerprint density at radius 3 is 2.62 bits per heavy atom. The average molecular weight is 407 g/mol. The van der Waals surface area contributed by atoms with Crippen molar-refractivity contribution in [1.29, 1.82) is 0 Å². The highest BCUT2D eigenvalue weighted by atomic mass is 79.9. The lowest BCUT2D eigenvalue weighted by Gasteiger charge is -2.15. The number of pyridine rings is 1. The van der Waals surface area contributed by atoms with E-state index in [0.717, 1.165) is 21.1 Å². The Kier molecular flexibility index (Phi) is 4.68. The largest absolute Gasteiger partial charge is 0.478 e. The molecule has 2 heterocycles. The molecule has 0 bridgehead atoms. The molecule has 1 saturated heterocycles. The lowest BCUT2D eigenvalue weighted by Crippen LogP contribution is -2.31. The highest BCUT2D eigenvalue weighted by molar-refractivity contribution is 9.10. The van der Waals surface area contributed by atoms with Crippen molar-refractivity contribution < 1.29 is 19.5 Å². The van der Waals surface area contributed by atoms with Gasteiger partial charge in [-0.2, -0.15) is 0 Å². The van der Waals surface area contributed by atoms with Gasteiger partial charge in [-0.05, 0) is 36.4 Å². The zero-order valence-corrected chi connectivity index (χ0v) is 14.6. The van der Waals surface area contributed by atoms with Gasteiger partial charge in [0.1, 0.15) is 5.03 Å². The second kappa shape index (κ2) is 6.74. The van der Waals surface area contributed by atoms with Crippen molar-refractivity contribution in [3.8, 4) is 0 Å². The number of rotatable bonds is 4. The number of carboxylic acid groups (broad SMARTS) is 1. The van der Waals surface area contributed by atoms with Gasteiger partial charge in [-0.3, -0.25) is 9.59 Å². The molecule has 1 aliphatic rings. The summed E-state index contributed by atoms with van der Waals surface area (Å²) in [5, 5.41) is 8.74. The zero-order chi connectivity index (χ0) is 17.3. The fourth-order valence-electron chi connectivity index (χ4n) is 2.34. The number of aromatic carboxylic acids is 1. The van der Waals surface area contributed by atoms with Crippen LogP contribution in [0.15, 0.2) is 52.1 Å². The Balaban J connectivity index is 1.85. The van der Waals surface area contributed by atoms with E-state index >= 15 is 0 Å². The lowest BCUT2D eigenvalue weighted by atomic mass is 10.3. The van der Waals surface area contributed by atoms with Crippen molar-refractivity contribution >= 4 is 51.2 Å². The Labute approximate surface area is 150 Å². The number of halogens is 1. The summed E-state index contributed by atoms with van der Waals surface area (Å²) in [5.41, 5.74) is 0.514. The molecule has 2 aromatic rings. The number of nitrogens with zero attached hydrogens (tertiary/aromatic N) is 2. The van der Waals surface area contributed by atoms with Crippen LogP contribution in [0.5, 0.6) is 0 Å². The number of anilines is 1. The summed E-state index contributed by atoms with van der Waals surface area (Å²) < 4.78 is 0.843. The summed E-state index contributed by atoms with van der Waals surface area (Å²) in [6, 6.07) is 9.79. The van der Waals surface area contributed by atoms with Crippen LogP contribution in [0.25, 0.3) is 0 Å². The van der Waals surface area contributed by atoms with Gasteiger partial charge in [0.05, 0.1) is 16.5 Å². The van der Waals surface area contributed by atoms with Gasteiger partial charge in [0.2, 0.25) is 11.8 Å². The second-order valence-electron chi connectivity index (χ2n) is 5.02. The molecule has 1 fully saturated rings. The minimum Gasteiger partial charge on any atom is -0.478 e. The number of carboxylic acids is 1. The van der Waals surface area contributed by atoms with Gasteiger partial charge < -0.3 is 5.11 Å². The molecule has 0 radical (unpaired) electrons. The van der Waals surface area contributed by atoms with E-state index < -0.39 is 11.2 Å². The topological polar surface area (TPSA) is 87.6 Å². The SMILES string of the molecule is O=C(O)c1cccnc1SC1CC(=O)N(c2ccc(Br)cc2)C1=O. The molecule has 1 atom stereocenters. The summed E-state index contributed by atoms with van der Waals surface area (Å²) in [7, 11) is 0. The summed E-state index contributed by atoms with van der Waals surface area (Å²) in [5.74, 6) is -1.80. The number of thioether (sulfide) groups is 1. The zero-order valence-electron chi connectivity index (χ0n) is 12.2. The van der Waals surface area contributed by atoms with Crippen LogP contribution in [0.3, 0.4) is 0 Å². The first kappa shape index (κ1) is 16.7. The Morgan fingerprint density at radius 2 is 1.96 bits per heavy atom. The molecule has 8 heteroatoms. The number of imide groups is 1. The van der Waals surface area contributed by atoms with Crippen molar-refractivity contribution in [2.24, 2.45) is 0 Å². The number of benzene rings is 1. The van der Waals surface area contributed by atoms with Gasteiger partial charge in [0.25, 0.3) is 0 Å². The monoisotopic (exact) mass is 406 g/mol. The highest BCUT2D eigenvalue weighted by Gasteiger charge is 2.40. The van der Waals surface area contributed by atoms with Crippen molar-refractivity contribution in [2.75, 3.05) is 4.90 Å². The van der Waals surface area contributed by atoms with Crippen LogP contribution in [-0.2, 0) is 9.59 Å². The van der Waals surface area contributed by atoms with Crippen LogP contribution < -0.4 is 4.90 Å². The number of hydrogen-bond donors (Lipinski definition) is 1. The highest BCUT2D eigenvalue weighted by Crippen LogP contribution is 2.34. The quantitative estimate of drug-likeness (QED) is 0.785. The van der Waals surface area contributed by atoms with Gasteiger partial charge in [0, 0.05) is 17.1 Å². The third-order valence-electron chi connectivity index (χ3n) is 3.45. The number of hydrogen-bond acceptors (Lipinski definition) is 5. The van der Waals surface area contributed by atoms with Crippen LogP contribution in [0.1, 0.15) is 16.8 Å². The minimum atomic E-state index is -1.12. The summed E-state index contributed by atoms with van der Waals surface area (Å²) in [6.07, 6.45) is 1.47. The first-order chi connectivity index (χ1) is 11.5. The number of amides is 2. The van der Waals surface area contributed by atoms with Crippen LogP contribution >= 0.6 is 27.7 Å². The molecule has 0 spiro atoms. The summed E-state index contributed by atoms with van der Waals surface area (Å²) in [4.78, 5) is 41.2. The van der Waals surface area contributed by atoms with E-state index in [-0.39, 0.29) is 28.8 Å². The molecule has 1 N–H and O–H groups in total. The Hall–Kier alpha value is -2.19. The normalized spacial score (nSPS) is 17.4. The molecule has 24 heavy (non-hydrogen) atoms. The van der Waals surface area contributed by atoms with E-state index in [1.165, 1.54) is 18.3 Å². The van der Waals surface area contributed by atoms with Gasteiger partial charge in [-0.25, -0.2) is 14.7 Å². The van der Waals surface area contributed by atoms with E-state index in [0.29, 0.717) is 5.69 Å². The summed E-state index contributed by atoms with van der Waals surface area (Å²) in [6.45, 7) is 0. The lowest BCUT2D eigenvalue weighted by molar-refractivity contribution is -0.121. The fourth-order valence-corrected chi connectivity index (χ4v) is 3.71. The van der Waals surface area contributed by atoms with Crippen LogP contribution in [0.2, 0.25) is 0 Å². The molecular weight excluding hydrogens is 396 g/mol. The predicted molar refractivity (Wildman–Crippen MR) is 92.1 cm³/mol. The van der Waals surface area contributed by atoms with E-state index in [1.54, 1.807) is 24.3 Å². The fraction of sp³-hybridized carbons (Fsp3) is 0.125. The molecule has 0 saturated carbocycles. The van der Waals surface area contributed by atoms with Crippen molar-refractivity contribution in [3.05, 3.63) is 52.6 Å². The molecular formula is C16H11BrN2O4S. The molecule has 122 valence electrons. The van der Waals surface area contributed by atoms with Crippen LogP contribution in [0, 0.1) is 0 Å². The molecule has 1 unspecified atom stereocenters. The van der Waals surface area contributed by atoms with Gasteiger partial charge in [0.15, 0.2) is 0 Å². The average Bonchev–Trinajstić information content (AvgIpc) is 2.83. The standard InChI is InChI=1S/C16H11BrN2O4S/c17-9-3-5-10(6-4-9)19-13(20)8-12(15(19)21)24-14-11(16(22)23)2-1-7-18-14/h1-7,12H,8H2,(H,22,23). The third-order valence-corrected chi connectivity index (χ3v) is 5.18. The third kappa shape index (κ3) is 3.20. The maximum absolute atomic E-state index is 12.6. The van der Waals surface area contributed by atoms with E-state index in [4.69, 9.17) is 0 Å². The van der Waals surface area contributed by atoms with Crippen LogP contribution in [0.4, 0.5) is 5.69 Å². The smallest absolute Gasteiger partial charge is 0.338 e. The number of aromatic nitrogens is 1.